The SMILES string of the molecule is Cc1oc2cc(OCC(=O)c3c(C)n(C)c4ccccc34)ccc2c(=O)c1-c1ccc([N+](=O)[O-])cc1. The van der Waals surface area contributed by atoms with Gasteiger partial charge in [-0.25, -0.2) is 0 Å². The monoisotopic (exact) mass is 482 g/mol. The maximum absolute atomic E-state index is 13.2. The Morgan fingerprint density at radius 1 is 1.03 bits per heavy atom. The highest BCUT2D eigenvalue weighted by atomic mass is 16.6. The summed E-state index contributed by atoms with van der Waals surface area (Å²) in [5, 5.41) is 12.2. The minimum absolute atomic E-state index is 0.0587. The molecule has 0 saturated heterocycles. The molecule has 0 amide bonds. The van der Waals surface area contributed by atoms with Gasteiger partial charge < -0.3 is 13.7 Å². The van der Waals surface area contributed by atoms with Crippen LogP contribution in [0.3, 0.4) is 0 Å². The van der Waals surface area contributed by atoms with Crippen LogP contribution in [0.5, 0.6) is 5.75 Å². The highest BCUT2D eigenvalue weighted by Crippen LogP contribution is 2.29. The second-order valence-corrected chi connectivity index (χ2v) is 8.57. The molecule has 0 unspecified atom stereocenters. The Morgan fingerprint density at radius 3 is 2.47 bits per heavy atom. The molecule has 0 aliphatic carbocycles. The van der Waals surface area contributed by atoms with Crippen LogP contribution in [0.15, 0.2) is 75.9 Å². The Morgan fingerprint density at radius 2 is 1.75 bits per heavy atom. The lowest BCUT2D eigenvalue weighted by Gasteiger charge is -2.10. The summed E-state index contributed by atoms with van der Waals surface area (Å²) < 4.78 is 13.7. The van der Waals surface area contributed by atoms with Crippen LogP contribution in [0.25, 0.3) is 33.0 Å². The summed E-state index contributed by atoms with van der Waals surface area (Å²) >= 11 is 0. The minimum atomic E-state index is -0.493. The number of aryl methyl sites for hydroxylation is 2. The Bertz CT molecular complexity index is 1730. The van der Waals surface area contributed by atoms with Gasteiger partial charge in [-0.05, 0) is 49.7 Å². The Balaban J connectivity index is 1.43. The Labute approximate surface area is 205 Å². The summed E-state index contributed by atoms with van der Waals surface area (Å²) in [6, 6.07) is 18.3. The minimum Gasteiger partial charge on any atom is -0.485 e. The van der Waals surface area contributed by atoms with E-state index < -0.39 is 4.92 Å². The number of benzene rings is 3. The van der Waals surface area contributed by atoms with Crippen molar-refractivity contribution in [1.82, 2.24) is 4.57 Å². The average Bonchev–Trinajstić information content (AvgIpc) is 3.12. The first-order valence-electron chi connectivity index (χ1n) is 11.3. The van der Waals surface area contributed by atoms with Gasteiger partial charge in [-0.1, -0.05) is 18.2 Å². The van der Waals surface area contributed by atoms with E-state index in [4.69, 9.17) is 9.15 Å². The highest BCUT2D eigenvalue weighted by Gasteiger charge is 2.19. The van der Waals surface area contributed by atoms with E-state index in [0.717, 1.165) is 16.6 Å². The van der Waals surface area contributed by atoms with Crippen LogP contribution in [-0.2, 0) is 7.05 Å². The van der Waals surface area contributed by atoms with E-state index in [9.17, 15) is 19.7 Å². The number of ketones is 1. The van der Waals surface area contributed by atoms with Crippen molar-refractivity contribution in [2.24, 2.45) is 7.05 Å². The zero-order valence-corrected chi connectivity index (χ0v) is 19.9. The molecular weight excluding hydrogens is 460 g/mol. The first kappa shape index (κ1) is 23.0. The van der Waals surface area contributed by atoms with Gasteiger partial charge in [-0.3, -0.25) is 19.7 Å². The van der Waals surface area contributed by atoms with Crippen LogP contribution in [0.4, 0.5) is 5.69 Å². The van der Waals surface area contributed by atoms with Gasteiger partial charge in [0.05, 0.1) is 15.9 Å². The molecular formula is C28H22N2O6. The number of aromatic nitrogens is 1. The number of fused-ring (bicyclic) bond motifs is 2. The number of carbonyl (C=O) groups is 1. The summed E-state index contributed by atoms with van der Waals surface area (Å²) in [6.45, 7) is 3.41. The molecule has 8 nitrogen and oxygen atoms in total. The van der Waals surface area contributed by atoms with Gasteiger partial charge in [-0.15, -0.1) is 0 Å². The molecule has 2 aromatic heterocycles. The Hall–Kier alpha value is -4.72. The van der Waals surface area contributed by atoms with Gasteiger partial charge in [-0.2, -0.15) is 0 Å². The zero-order chi connectivity index (χ0) is 25.6. The van der Waals surface area contributed by atoms with Crippen LogP contribution in [0.1, 0.15) is 21.8 Å². The molecule has 8 heteroatoms. The largest absolute Gasteiger partial charge is 0.485 e. The fraction of sp³-hybridized carbons (Fsp3) is 0.143. The lowest BCUT2D eigenvalue weighted by atomic mass is 10.0. The molecule has 36 heavy (non-hydrogen) atoms. The molecule has 5 rings (SSSR count). The molecule has 3 aromatic carbocycles. The molecule has 0 atom stereocenters. The molecule has 0 radical (unpaired) electrons. The van der Waals surface area contributed by atoms with Crippen molar-refractivity contribution >= 4 is 33.3 Å². The zero-order valence-electron chi connectivity index (χ0n) is 19.9. The first-order valence-corrected chi connectivity index (χ1v) is 11.3. The van der Waals surface area contributed by atoms with Crippen molar-refractivity contribution in [2.75, 3.05) is 6.61 Å². The number of non-ortho nitro benzene ring substituents is 1. The number of para-hydroxylation sites is 1. The van der Waals surface area contributed by atoms with Gasteiger partial charge >= 0.3 is 0 Å². The number of nitro groups is 1. The van der Waals surface area contributed by atoms with Crippen molar-refractivity contribution in [3.05, 3.63) is 104 Å². The highest BCUT2D eigenvalue weighted by molar-refractivity contribution is 6.10. The van der Waals surface area contributed by atoms with E-state index >= 15 is 0 Å². The third-order valence-electron chi connectivity index (χ3n) is 6.46. The maximum Gasteiger partial charge on any atom is 0.269 e. The molecule has 0 N–H and O–H groups in total. The lowest BCUT2D eigenvalue weighted by Crippen LogP contribution is -2.13. The molecule has 180 valence electrons. The molecule has 2 heterocycles. The number of nitrogens with zero attached hydrogens (tertiary/aromatic N) is 2. The van der Waals surface area contributed by atoms with E-state index in [1.165, 1.54) is 24.3 Å². The number of carbonyl (C=O) groups excluding carboxylic acids is 1. The third kappa shape index (κ3) is 3.82. The van der Waals surface area contributed by atoms with Crippen LogP contribution >= 0.6 is 0 Å². The summed E-state index contributed by atoms with van der Waals surface area (Å²) in [7, 11) is 1.92. The van der Waals surface area contributed by atoms with Crippen molar-refractivity contribution in [3.63, 3.8) is 0 Å². The molecule has 5 aromatic rings. The average molecular weight is 482 g/mol. The number of Topliss-reactive ketones (excluding diaryl/α,β-unsaturated/α-hetero) is 1. The quantitative estimate of drug-likeness (QED) is 0.174. The molecule has 0 bridgehead atoms. The fourth-order valence-electron chi connectivity index (χ4n) is 4.55. The first-order chi connectivity index (χ1) is 17.3. The smallest absolute Gasteiger partial charge is 0.269 e. The second-order valence-electron chi connectivity index (χ2n) is 8.57. The van der Waals surface area contributed by atoms with Crippen LogP contribution < -0.4 is 10.2 Å². The third-order valence-corrected chi connectivity index (χ3v) is 6.46. The van der Waals surface area contributed by atoms with Gasteiger partial charge in [0, 0.05) is 47.4 Å². The molecule has 0 spiro atoms. The number of ether oxygens (including phenoxy) is 1. The summed E-state index contributed by atoms with van der Waals surface area (Å²) in [6.07, 6.45) is 0. The van der Waals surface area contributed by atoms with E-state index in [2.05, 4.69) is 0 Å². The number of rotatable bonds is 6. The normalized spacial score (nSPS) is 11.2. The van der Waals surface area contributed by atoms with E-state index in [1.54, 1.807) is 25.1 Å². The van der Waals surface area contributed by atoms with E-state index in [0.29, 0.717) is 39.2 Å². The van der Waals surface area contributed by atoms with Crippen molar-refractivity contribution in [1.29, 1.82) is 0 Å². The number of nitro benzene ring substituents is 1. The summed E-state index contributed by atoms with van der Waals surface area (Å²) in [5.74, 6) is 0.635. The Kier molecular flexibility index (Phi) is 5.64. The van der Waals surface area contributed by atoms with Crippen LogP contribution in [-0.4, -0.2) is 21.9 Å². The predicted molar refractivity (Wildman–Crippen MR) is 137 cm³/mol. The van der Waals surface area contributed by atoms with Gasteiger partial charge in [0.2, 0.25) is 11.2 Å². The molecule has 0 aliphatic rings. The van der Waals surface area contributed by atoms with Crippen molar-refractivity contribution < 1.29 is 18.9 Å². The van der Waals surface area contributed by atoms with Gasteiger partial charge in [0.25, 0.3) is 5.69 Å². The lowest BCUT2D eigenvalue weighted by molar-refractivity contribution is -0.384. The van der Waals surface area contributed by atoms with Crippen molar-refractivity contribution in [3.8, 4) is 16.9 Å². The van der Waals surface area contributed by atoms with Crippen molar-refractivity contribution in [2.45, 2.75) is 13.8 Å². The number of hydrogen-bond donors (Lipinski definition) is 0. The van der Waals surface area contributed by atoms with Gasteiger partial charge in [0.1, 0.15) is 17.1 Å². The maximum atomic E-state index is 13.2. The molecule has 0 aliphatic heterocycles. The van der Waals surface area contributed by atoms with Crippen LogP contribution in [0, 0.1) is 24.0 Å². The van der Waals surface area contributed by atoms with E-state index in [1.807, 2.05) is 42.8 Å². The standard InChI is InChI=1S/C28H22N2O6/c1-16-26(21-6-4-5-7-23(21)29(16)3)24(31)15-35-20-12-13-22-25(14-20)36-17(2)27(28(22)32)18-8-10-19(11-9-18)30(33)34/h4-14H,15H2,1-3H3. The topological polar surface area (TPSA) is 105 Å². The summed E-state index contributed by atoms with van der Waals surface area (Å²) in [4.78, 5) is 36.7. The van der Waals surface area contributed by atoms with Crippen LogP contribution in [0.2, 0.25) is 0 Å². The summed E-state index contributed by atoms with van der Waals surface area (Å²) in [5.41, 5.74) is 3.36. The predicted octanol–water partition coefficient (Wildman–Crippen LogP) is 5.74. The van der Waals surface area contributed by atoms with E-state index in [-0.39, 0.29) is 23.5 Å². The molecule has 0 saturated carbocycles. The second kappa shape index (κ2) is 8.81. The number of hydrogen-bond acceptors (Lipinski definition) is 6. The molecule has 0 fully saturated rings. The fourth-order valence-corrected chi connectivity index (χ4v) is 4.55. The van der Waals surface area contributed by atoms with Gasteiger partial charge in [0.15, 0.2) is 6.61 Å².